The van der Waals surface area contributed by atoms with Crippen molar-refractivity contribution in [3.63, 3.8) is 0 Å². The average molecular weight is 398 g/mol. The standard InChI is InChI=1S/C17H27N5O4S/c1-9(15(24)20-17(2,3)4)22(8-10-6-5-7-26-10)16(25)13-11(18)12(14(19)23)21-27-13/h9-10H,5-8,18H2,1-4H3,(H2,19,23)(H,20,24)/t9-,10+/m1/s1. The number of hydrogen-bond acceptors (Lipinski definition) is 7. The van der Waals surface area contributed by atoms with Gasteiger partial charge in [0.25, 0.3) is 11.8 Å². The number of anilines is 1. The molecule has 1 aliphatic rings. The first-order valence-electron chi connectivity index (χ1n) is 8.80. The Balaban J connectivity index is 2.29. The minimum atomic E-state index is -0.799. The van der Waals surface area contributed by atoms with Crippen LogP contribution in [0.5, 0.6) is 0 Å². The number of carbonyl (C=O) groups excluding carboxylic acids is 3. The quantitative estimate of drug-likeness (QED) is 0.647. The van der Waals surface area contributed by atoms with Crippen LogP contribution in [0.15, 0.2) is 0 Å². The molecule has 2 atom stereocenters. The number of nitrogen functional groups attached to an aromatic ring is 1. The number of ether oxygens (including phenoxy) is 1. The van der Waals surface area contributed by atoms with Crippen LogP contribution in [0, 0.1) is 0 Å². The summed E-state index contributed by atoms with van der Waals surface area (Å²) in [5, 5.41) is 2.88. The molecule has 3 amide bonds. The average Bonchev–Trinajstić information content (AvgIpc) is 3.19. The summed E-state index contributed by atoms with van der Waals surface area (Å²) < 4.78 is 9.51. The van der Waals surface area contributed by atoms with Crippen LogP contribution in [-0.4, -0.2) is 57.8 Å². The van der Waals surface area contributed by atoms with Crippen LogP contribution in [0.25, 0.3) is 0 Å². The van der Waals surface area contributed by atoms with Crippen molar-refractivity contribution in [2.45, 2.75) is 58.2 Å². The minimum absolute atomic E-state index is 0.0572. The third-order valence-electron chi connectivity index (χ3n) is 4.19. The lowest BCUT2D eigenvalue weighted by molar-refractivity contribution is -0.127. The van der Waals surface area contributed by atoms with Gasteiger partial charge in [-0.15, -0.1) is 0 Å². The molecule has 0 aromatic carbocycles. The first-order chi connectivity index (χ1) is 12.5. The van der Waals surface area contributed by atoms with Crippen LogP contribution in [0.3, 0.4) is 0 Å². The molecule has 9 nitrogen and oxygen atoms in total. The third kappa shape index (κ3) is 5.16. The highest BCUT2D eigenvalue weighted by molar-refractivity contribution is 7.09. The van der Waals surface area contributed by atoms with Gasteiger partial charge in [0.1, 0.15) is 10.9 Å². The molecule has 0 unspecified atom stereocenters. The smallest absolute Gasteiger partial charge is 0.270 e. The molecule has 1 aromatic rings. The highest BCUT2D eigenvalue weighted by Crippen LogP contribution is 2.25. The normalized spacial score (nSPS) is 18.1. The zero-order valence-electron chi connectivity index (χ0n) is 16.1. The van der Waals surface area contributed by atoms with Crippen molar-refractivity contribution >= 4 is 34.9 Å². The monoisotopic (exact) mass is 397 g/mol. The summed E-state index contributed by atoms with van der Waals surface area (Å²) in [6.07, 6.45) is 1.56. The molecule has 1 aromatic heterocycles. The molecule has 2 heterocycles. The molecule has 1 aliphatic heterocycles. The second-order valence-corrected chi connectivity index (χ2v) is 8.42. The molecule has 1 saturated heterocycles. The molecule has 1 fully saturated rings. The molecular weight excluding hydrogens is 370 g/mol. The van der Waals surface area contributed by atoms with Crippen LogP contribution in [0.2, 0.25) is 0 Å². The topological polar surface area (TPSA) is 141 Å². The first kappa shape index (κ1) is 21.1. The summed E-state index contributed by atoms with van der Waals surface area (Å²) in [5.41, 5.74) is 10.5. The minimum Gasteiger partial charge on any atom is -0.395 e. The first-order valence-corrected chi connectivity index (χ1v) is 9.58. The molecule has 0 spiro atoms. The zero-order valence-corrected chi connectivity index (χ0v) is 16.9. The van der Waals surface area contributed by atoms with E-state index < -0.39 is 23.4 Å². The summed E-state index contributed by atoms with van der Waals surface area (Å²) in [6.45, 7) is 8.13. The Kier molecular flexibility index (Phi) is 6.42. The van der Waals surface area contributed by atoms with Crippen molar-refractivity contribution in [2.75, 3.05) is 18.9 Å². The Bertz CT molecular complexity index is 721. The number of amides is 3. The number of primary amides is 1. The van der Waals surface area contributed by atoms with Crippen LogP contribution < -0.4 is 16.8 Å². The van der Waals surface area contributed by atoms with Crippen molar-refractivity contribution in [1.29, 1.82) is 0 Å². The fourth-order valence-corrected chi connectivity index (χ4v) is 3.56. The number of carbonyl (C=O) groups is 3. The summed E-state index contributed by atoms with van der Waals surface area (Å²) in [7, 11) is 0. The lowest BCUT2D eigenvalue weighted by Gasteiger charge is -2.32. The Hall–Kier alpha value is -2.20. The molecule has 0 saturated carbocycles. The maximum atomic E-state index is 13.1. The van der Waals surface area contributed by atoms with Gasteiger partial charge in [-0.3, -0.25) is 14.4 Å². The van der Waals surface area contributed by atoms with Gasteiger partial charge in [0.2, 0.25) is 5.91 Å². The molecule has 10 heteroatoms. The van der Waals surface area contributed by atoms with E-state index in [9.17, 15) is 14.4 Å². The lowest BCUT2D eigenvalue weighted by atomic mass is 10.1. The number of rotatable bonds is 6. The highest BCUT2D eigenvalue weighted by atomic mass is 32.1. The summed E-state index contributed by atoms with van der Waals surface area (Å²) in [6, 6.07) is -0.751. The number of hydrogen-bond donors (Lipinski definition) is 3. The van der Waals surface area contributed by atoms with Gasteiger partial charge in [-0.05, 0) is 52.1 Å². The Morgan fingerprint density at radius 1 is 1.41 bits per heavy atom. The second kappa shape index (κ2) is 8.22. The van der Waals surface area contributed by atoms with Crippen LogP contribution in [0.1, 0.15) is 60.7 Å². The second-order valence-electron chi connectivity index (χ2n) is 7.65. The molecule has 0 radical (unpaired) electrons. The van der Waals surface area contributed by atoms with E-state index in [1.807, 2.05) is 20.8 Å². The number of aromatic nitrogens is 1. The molecule has 150 valence electrons. The van der Waals surface area contributed by atoms with Gasteiger partial charge in [-0.2, -0.15) is 4.37 Å². The summed E-state index contributed by atoms with van der Waals surface area (Å²) in [5.74, 6) is -1.55. The SMILES string of the molecule is C[C@H](C(=O)NC(C)(C)C)N(C[C@@H]1CCCO1)C(=O)c1snc(C(N)=O)c1N. The zero-order chi connectivity index (χ0) is 20.4. The van der Waals surface area contributed by atoms with E-state index in [4.69, 9.17) is 16.2 Å². The van der Waals surface area contributed by atoms with Crippen molar-refractivity contribution in [3.05, 3.63) is 10.6 Å². The van der Waals surface area contributed by atoms with Gasteiger partial charge in [0, 0.05) is 18.7 Å². The largest absolute Gasteiger partial charge is 0.395 e. The van der Waals surface area contributed by atoms with E-state index in [0.717, 1.165) is 24.4 Å². The third-order valence-corrected chi connectivity index (χ3v) is 5.04. The van der Waals surface area contributed by atoms with Crippen molar-refractivity contribution in [1.82, 2.24) is 14.6 Å². The van der Waals surface area contributed by atoms with Crippen molar-refractivity contribution < 1.29 is 19.1 Å². The van der Waals surface area contributed by atoms with Gasteiger partial charge in [0.05, 0.1) is 11.8 Å². The number of nitrogens with two attached hydrogens (primary N) is 2. The molecule has 0 aliphatic carbocycles. The van der Waals surface area contributed by atoms with Gasteiger partial charge in [-0.1, -0.05) is 0 Å². The van der Waals surface area contributed by atoms with E-state index in [1.165, 1.54) is 4.90 Å². The van der Waals surface area contributed by atoms with E-state index in [0.29, 0.717) is 6.61 Å². The molecule has 0 bridgehead atoms. The fraction of sp³-hybridized carbons (Fsp3) is 0.647. The summed E-state index contributed by atoms with van der Waals surface area (Å²) in [4.78, 5) is 38.7. The fourth-order valence-electron chi connectivity index (χ4n) is 2.80. The van der Waals surface area contributed by atoms with E-state index in [-0.39, 0.29) is 34.8 Å². The van der Waals surface area contributed by atoms with Crippen LogP contribution in [0.4, 0.5) is 5.69 Å². The Morgan fingerprint density at radius 3 is 2.56 bits per heavy atom. The van der Waals surface area contributed by atoms with Gasteiger partial charge >= 0.3 is 0 Å². The maximum absolute atomic E-state index is 13.1. The van der Waals surface area contributed by atoms with E-state index >= 15 is 0 Å². The van der Waals surface area contributed by atoms with Crippen LogP contribution in [-0.2, 0) is 9.53 Å². The Labute approximate surface area is 162 Å². The predicted octanol–water partition coefficient (Wildman–Crippen LogP) is 0.749. The molecule has 5 N–H and O–H groups in total. The van der Waals surface area contributed by atoms with Gasteiger partial charge < -0.3 is 26.4 Å². The Morgan fingerprint density at radius 2 is 2.07 bits per heavy atom. The predicted molar refractivity (Wildman–Crippen MR) is 102 cm³/mol. The summed E-state index contributed by atoms with van der Waals surface area (Å²) >= 11 is 0.802. The van der Waals surface area contributed by atoms with E-state index in [1.54, 1.807) is 6.92 Å². The van der Waals surface area contributed by atoms with E-state index in [2.05, 4.69) is 9.69 Å². The lowest BCUT2D eigenvalue weighted by Crippen LogP contribution is -2.54. The van der Waals surface area contributed by atoms with Gasteiger partial charge in [-0.25, -0.2) is 0 Å². The molecular formula is C17H27N5O4S. The number of nitrogens with zero attached hydrogens (tertiary/aromatic N) is 2. The van der Waals surface area contributed by atoms with Crippen molar-refractivity contribution in [3.8, 4) is 0 Å². The molecule has 2 rings (SSSR count). The van der Waals surface area contributed by atoms with Gasteiger partial charge in [0.15, 0.2) is 5.69 Å². The van der Waals surface area contributed by atoms with Crippen LogP contribution >= 0.6 is 11.5 Å². The number of nitrogens with one attached hydrogen (secondary N) is 1. The molecule has 27 heavy (non-hydrogen) atoms. The maximum Gasteiger partial charge on any atom is 0.270 e. The van der Waals surface area contributed by atoms with Crippen molar-refractivity contribution in [2.24, 2.45) is 5.73 Å². The highest BCUT2D eigenvalue weighted by Gasteiger charge is 2.34.